The van der Waals surface area contributed by atoms with Gasteiger partial charge in [-0.1, -0.05) is 29.8 Å². The maximum absolute atomic E-state index is 14.8. The molecule has 0 bridgehead atoms. The van der Waals surface area contributed by atoms with Gasteiger partial charge in [-0.05, 0) is 61.7 Å². The van der Waals surface area contributed by atoms with E-state index in [9.17, 15) is 28.4 Å². The van der Waals surface area contributed by atoms with Crippen molar-refractivity contribution >= 4 is 51.7 Å². The third-order valence-corrected chi connectivity index (χ3v) is 8.79. The Morgan fingerprint density at radius 1 is 1.11 bits per heavy atom. The molecule has 2 aromatic heterocycles. The van der Waals surface area contributed by atoms with E-state index in [4.69, 9.17) is 11.6 Å². The lowest BCUT2D eigenvalue weighted by atomic mass is 9.91. The number of aromatic amines is 1. The highest BCUT2D eigenvalue weighted by Crippen LogP contribution is 2.38. The molecule has 4 aromatic rings. The molecule has 1 aliphatic carbocycles. The number of benzene rings is 2. The average molecular weight is 631 g/mol. The molecule has 3 amide bonds. The molecule has 9 nitrogen and oxygen atoms in total. The molecule has 6 rings (SSSR count). The number of rotatable bonds is 7. The Bertz CT molecular complexity index is 1810. The molecular formula is C33H29ClF2N6O3. The number of nitrogens with one attached hydrogen (secondary N) is 2. The van der Waals surface area contributed by atoms with E-state index < -0.39 is 35.9 Å². The van der Waals surface area contributed by atoms with E-state index in [-0.39, 0.29) is 60.8 Å². The Morgan fingerprint density at radius 3 is 2.64 bits per heavy atom. The average Bonchev–Trinajstić information content (AvgIpc) is 3.67. The van der Waals surface area contributed by atoms with Gasteiger partial charge >= 0.3 is 0 Å². The van der Waals surface area contributed by atoms with E-state index in [1.54, 1.807) is 48.7 Å². The zero-order valence-electron chi connectivity index (χ0n) is 24.1. The van der Waals surface area contributed by atoms with Crippen LogP contribution in [0.25, 0.3) is 10.9 Å². The van der Waals surface area contributed by atoms with Gasteiger partial charge in [0.15, 0.2) is 0 Å². The summed E-state index contributed by atoms with van der Waals surface area (Å²) in [7, 11) is 0. The fraction of sp³-hybridized carbons (Fsp3) is 0.303. The molecule has 2 aliphatic rings. The van der Waals surface area contributed by atoms with Crippen LogP contribution in [0.3, 0.4) is 0 Å². The summed E-state index contributed by atoms with van der Waals surface area (Å²) >= 11 is 6.67. The second kappa shape index (κ2) is 12.3. The number of carbonyl (C=O) groups excluding carboxylic acids is 3. The van der Waals surface area contributed by atoms with Crippen molar-refractivity contribution < 1.29 is 23.2 Å². The summed E-state index contributed by atoms with van der Waals surface area (Å²) in [6.07, 6.45) is 2.82. The molecule has 2 atom stereocenters. The minimum atomic E-state index is -2.79. The van der Waals surface area contributed by atoms with Crippen molar-refractivity contribution in [3.63, 3.8) is 0 Å². The number of hydrogen-bond acceptors (Lipinski definition) is 5. The van der Waals surface area contributed by atoms with E-state index in [1.807, 2.05) is 12.1 Å². The minimum absolute atomic E-state index is 0.0544. The van der Waals surface area contributed by atoms with Gasteiger partial charge in [-0.2, -0.15) is 5.26 Å². The number of alkyl halides is 2. The van der Waals surface area contributed by atoms with Gasteiger partial charge in [-0.3, -0.25) is 24.2 Å². The standard InChI is InChI=1S/C33H29ClF2N6O3/c34-25-4-2-1-3-24(25)30(31(44)40-22-9-13-33(35,36)14-10-22)41(23-5-6-26-21(18-23)12-16-38-26)32(45)27-7-8-29(43)42(27)28-17-20(19-37)11-15-39-28/h1-6,11-12,15-18,22,27,30,38H,7-10,13-14H2,(H,40,44)/t27-,30-/m0/s1. The number of aromatic nitrogens is 2. The predicted octanol–water partition coefficient (Wildman–Crippen LogP) is 6.05. The van der Waals surface area contributed by atoms with Crippen LogP contribution in [-0.4, -0.2) is 45.7 Å². The summed E-state index contributed by atoms with van der Waals surface area (Å²) < 4.78 is 27.9. The highest BCUT2D eigenvalue weighted by atomic mass is 35.5. The van der Waals surface area contributed by atoms with Crippen molar-refractivity contribution in [1.29, 1.82) is 5.26 Å². The van der Waals surface area contributed by atoms with E-state index in [0.717, 1.165) is 10.9 Å². The van der Waals surface area contributed by atoms with Crippen LogP contribution in [0.15, 0.2) is 73.1 Å². The van der Waals surface area contributed by atoms with Gasteiger partial charge in [-0.15, -0.1) is 0 Å². The van der Waals surface area contributed by atoms with Gasteiger partial charge in [0.1, 0.15) is 17.9 Å². The topological polar surface area (TPSA) is 122 Å². The lowest BCUT2D eigenvalue weighted by Gasteiger charge is -2.37. The Hall–Kier alpha value is -4.82. The van der Waals surface area contributed by atoms with Crippen LogP contribution < -0.4 is 15.1 Å². The molecule has 1 aliphatic heterocycles. The van der Waals surface area contributed by atoms with E-state index in [0.29, 0.717) is 11.3 Å². The number of carbonyl (C=O) groups is 3. The van der Waals surface area contributed by atoms with E-state index in [2.05, 4.69) is 15.3 Å². The number of fused-ring (bicyclic) bond motifs is 1. The molecule has 0 spiro atoms. The molecule has 3 heterocycles. The fourth-order valence-electron chi connectivity index (χ4n) is 6.14. The molecule has 1 saturated carbocycles. The Labute approximate surface area is 262 Å². The highest BCUT2D eigenvalue weighted by molar-refractivity contribution is 6.31. The Kier molecular flexibility index (Phi) is 8.25. The van der Waals surface area contributed by atoms with Gasteiger partial charge in [0, 0.05) is 64.9 Å². The summed E-state index contributed by atoms with van der Waals surface area (Å²) in [6.45, 7) is 0. The number of pyridine rings is 1. The molecule has 45 heavy (non-hydrogen) atoms. The predicted molar refractivity (Wildman–Crippen MR) is 165 cm³/mol. The molecule has 2 fully saturated rings. The van der Waals surface area contributed by atoms with Crippen molar-refractivity contribution in [3.8, 4) is 6.07 Å². The molecular weight excluding hydrogens is 602 g/mol. The fourth-order valence-corrected chi connectivity index (χ4v) is 6.38. The van der Waals surface area contributed by atoms with Crippen LogP contribution in [0.1, 0.15) is 55.7 Å². The summed E-state index contributed by atoms with van der Waals surface area (Å²) in [4.78, 5) is 52.3. The summed E-state index contributed by atoms with van der Waals surface area (Å²) in [5, 5.41) is 13.4. The van der Waals surface area contributed by atoms with Gasteiger partial charge < -0.3 is 10.3 Å². The SMILES string of the molecule is N#Cc1ccnc(N2C(=O)CC[C@H]2C(=O)N(c2ccc3[nH]ccc3c2)[C@H](C(=O)NC2CCC(F)(F)CC2)c2ccccc2Cl)c1. The quantitative estimate of drug-likeness (QED) is 0.257. The van der Waals surface area contributed by atoms with Crippen molar-refractivity contribution in [2.24, 2.45) is 0 Å². The number of halogens is 3. The normalized spacial score (nSPS) is 18.8. The van der Waals surface area contributed by atoms with Gasteiger partial charge in [-0.25, -0.2) is 13.8 Å². The van der Waals surface area contributed by atoms with Crippen LogP contribution in [0.2, 0.25) is 5.02 Å². The minimum Gasteiger partial charge on any atom is -0.361 e. The Balaban J connectivity index is 1.46. The summed E-state index contributed by atoms with van der Waals surface area (Å²) in [5.74, 6) is -4.12. The molecule has 0 unspecified atom stereocenters. The van der Waals surface area contributed by atoms with Gasteiger partial charge in [0.2, 0.25) is 17.7 Å². The molecule has 1 saturated heterocycles. The largest absolute Gasteiger partial charge is 0.361 e. The van der Waals surface area contributed by atoms with Crippen molar-refractivity contribution in [2.75, 3.05) is 9.80 Å². The third kappa shape index (κ3) is 6.11. The van der Waals surface area contributed by atoms with Crippen LogP contribution in [0.5, 0.6) is 0 Å². The zero-order valence-corrected chi connectivity index (χ0v) is 24.8. The number of H-pyrrole nitrogens is 1. The molecule has 2 N–H and O–H groups in total. The van der Waals surface area contributed by atoms with E-state index >= 15 is 0 Å². The monoisotopic (exact) mass is 630 g/mol. The second-order valence-electron chi connectivity index (χ2n) is 11.4. The van der Waals surface area contributed by atoms with Gasteiger partial charge in [0.05, 0.1) is 11.6 Å². The van der Waals surface area contributed by atoms with Crippen molar-refractivity contribution in [2.45, 2.75) is 62.6 Å². The van der Waals surface area contributed by atoms with Gasteiger partial charge in [0.25, 0.3) is 5.91 Å². The van der Waals surface area contributed by atoms with E-state index in [1.165, 1.54) is 28.1 Å². The maximum Gasteiger partial charge on any atom is 0.251 e. The molecule has 0 radical (unpaired) electrons. The lowest BCUT2D eigenvalue weighted by Crippen LogP contribution is -2.53. The lowest BCUT2D eigenvalue weighted by molar-refractivity contribution is -0.128. The number of nitriles is 1. The first-order valence-electron chi connectivity index (χ1n) is 14.7. The first kappa shape index (κ1) is 30.2. The van der Waals surface area contributed by atoms with Crippen LogP contribution in [0.4, 0.5) is 20.3 Å². The number of hydrogen-bond donors (Lipinski definition) is 2. The number of nitrogens with zero attached hydrogens (tertiary/aromatic N) is 4. The zero-order chi connectivity index (χ0) is 31.7. The maximum atomic E-state index is 14.8. The summed E-state index contributed by atoms with van der Waals surface area (Å²) in [5.41, 5.74) is 1.79. The first-order chi connectivity index (χ1) is 21.6. The van der Waals surface area contributed by atoms with Crippen LogP contribution in [-0.2, 0) is 14.4 Å². The molecule has 230 valence electrons. The van der Waals surface area contributed by atoms with Crippen molar-refractivity contribution in [3.05, 3.63) is 89.2 Å². The summed E-state index contributed by atoms with van der Waals surface area (Å²) in [6, 6.07) is 15.8. The Morgan fingerprint density at radius 2 is 1.89 bits per heavy atom. The highest BCUT2D eigenvalue weighted by Gasteiger charge is 2.45. The van der Waals surface area contributed by atoms with Crippen LogP contribution >= 0.6 is 11.6 Å². The number of anilines is 2. The second-order valence-corrected chi connectivity index (χ2v) is 11.8. The first-order valence-corrected chi connectivity index (χ1v) is 15.0. The van der Waals surface area contributed by atoms with Crippen LogP contribution in [0, 0.1) is 11.3 Å². The molecule has 2 aromatic carbocycles. The smallest absolute Gasteiger partial charge is 0.251 e. The number of amides is 3. The third-order valence-electron chi connectivity index (χ3n) is 8.44. The van der Waals surface area contributed by atoms with Crippen molar-refractivity contribution in [1.82, 2.24) is 15.3 Å². The molecule has 12 heteroatoms.